The Morgan fingerprint density at radius 1 is 1.12 bits per heavy atom. The fraction of sp³-hybridized carbons (Fsp3) is 0.375. The molecule has 1 aliphatic heterocycles. The number of aromatic nitrogens is 3. The first-order valence-corrected chi connectivity index (χ1v) is 10.6. The van der Waals surface area contributed by atoms with Crippen LogP contribution in [0.1, 0.15) is 57.5 Å². The van der Waals surface area contributed by atoms with E-state index >= 15 is 0 Å². The lowest BCUT2D eigenvalue weighted by Gasteiger charge is -2.31. The third kappa shape index (κ3) is 4.84. The van der Waals surface area contributed by atoms with Gasteiger partial charge in [-0.2, -0.15) is 13.2 Å². The Balaban J connectivity index is 1.46. The van der Waals surface area contributed by atoms with Crippen LogP contribution in [0.2, 0.25) is 0 Å². The van der Waals surface area contributed by atoms with Crippen LogP contribution in [0.15, 0.2) is 48.8 Å². The zero-order chi connectivity index (χ0) is 22.9. The van der Waals surface area contributed by atoms with Crippen LogP contribution in [-0.4, -0.2) is 38.4 Å². The lowest BCUT2D eigenvalue weighted by atomic mass is 9.91. The molecule has 5 nitrogen and oxygen atoms in total. The van der Waals surface area contributed by atoms with Crippen molar-refractivity contribution in [3.8, 4) is 0 Å². The number of halogens is 3. The molecule has 0 spiro atoms. The zero-order valence-corrected chi connectivity index (χ0v) is 18.1. The Bertz CT molecular complexity index is 1110. The van der Waals surface area contributed by atoms with Crippen LogP contribution in [0.3, 0.4) is 0 Å². The highest BCUT2D eigenvalue weighted by molar-refractivity contribution is 5.90. The fourth-order valence-corrected chi connectivity index (χ4v) is 4.26. The first kappa shape index (κ1) is 22.0. The van der Waals surface area contributed by atoms with E-state index in [0.717, 1.165) is 35.9 Å². The second-order valence-corrected chi connectivity index (χ2v) is 8.34. The average molecular weight is 442 g/mol. The molecule has 0 N–H and O–H groups in total. The Hall–Kier alpha value is -3.16. The maximum atomic E-state index is 13.0. The molecule has 8 heteroatoms. The van der Waals surface area contributed by atoms with Gasteiger partial charge in [0.05, 0.1) is 5.56 Å². The highest BCUT2D eigenvalue weighted by Gasteiger charge is 2.30. The van der Waals surface area contributed by atoms with Crippen molar-refractivity contribution in [1.82, 2.24) is 19.4 Å². The minimum atomic E-state index is -4.35. The average Bonchev–Trinajstić information content (AvgIpc) is 3.18. The number of hydrogen-bond donors (Lipinski definition) is 0. The van der Waals surface area contributed by atoms with E-state index in [2.05, 4.69) is 9.97 Å². The summed E-state index contributed by atoms with van der Waals surface area (Å²) in [5.74, 6) is 0.569. The van der Waals surface area contributed by atoms with Crippen LogP contribution < -0.4 is 0 Å². The van der Waals surface area contributed by atoms with E-state index in [0.29, 0.717) is 30.9 Å². The number of amides is 1. The topological polar surface area (TPSA) is 51.0 Å². The summed E-state index contributed by atoms with van der Waals surface area (Å²) in [5.41, 5.74) is 2.71. The number of rotatable bonds is 4. The van der Waals surface area contributed by atoms with E-state index in [4.69, 9.17) is 0 Å². The first-order chi connectivity index (χ1) is 15.2. The van der Waals surface area contributed by atoms with E-state index in [1.165, 1.54) is 12.1 Å². The molecule has 1 aromatic carbocycles. The molecule has 0 unspecified atom stereocenters. The SMILES string of the molecule is Cc1cc(Cc2cccc(C(F)(F)F)c2)cc(C2CCN(C(=O)c3nccn3C)CC2)n1. The van der Waals surface area contributed by atoms with Gasteiger partial charge in [0, 0.05) is 49.8 Å². The summed E-state index contributed by atoms with van der Waals surface area (Å²) < 4.78 is 40.8. The Morgan fingerprint density at radius 2 is 1.88 bits per heavy atom. The normalized spacial score (nSPS) is 15.2. The standard InChI is InChI=1S/C24H25F3N4O/c1-16-12-18(13-17-4-3-5-20(14-17)24(25,26)27)15-21(29-16)19-6-9-31(10-7-19)23(32)22-28-8-11-30(22)2/h3-5,8,11-12,14-15,19H,6-7,9-10,13H2,1-2H3. The molecule has 0 aliphatic carbocycles. The van der Waals surface area contributed by atoms with E-state index in [-0.39, 0.29) is 11.8 Å². The van der Waals surface area contributed by atoms with Gasteiger partial charge in [0.15, 0.2) is 5.82 Å². The van der Waals surface area contributed by atoms with E-state index in [1.807, 2.05) is 24.0 Å². The monoisotopic (exact) mass is 442 g/mol. The van der Waals surface area contributed by atoms with Gasteiger partial charge in [-0.15, -0.1) is 0 Å². The number of hydrogen-bond acceptors (Lipinski definition) is 3. The summed E-state index contributed by atoms with van der Waals surface area (Å²) >= 11 is 0. The predicted molar refractivity (Wildman–Crippen MR) is 114 cm³/mol. The number of nitrogens with zero attached hydrogens (tertiary/aromatic N) is 4. The van der Waals surface area contributed by atoms with Crippen molar-refractivity contribution in [2.75, 3.05) is 13.1 Å². The van der Waals surface area contributed by atoms with Gasteiger partial charge >= 0.3 is 6.18 Å². The van der Waals surface area contributed by atoms with Crippen molar-refractivity contribution in [1.29, 1.82) is 0 Å². The summed E-state index contributed by atoms with van der Waals surface area (Å²) in [6.45, 7) is 3.14. The van der Waals surface area contributed by atoms with E-state index in [1.54, 1.807) is 30.1 Å². The van der Waals surface area contributed by atoms with Gasteiger partial charge in [-0.3, -0.25) is 9.78 Å². The van der Waals surface area contributed by atoms with Crippen molar-refractivity contribution in [2.24, 2.45) is 7.05 Å². The molecule has 4 rings (SSSR count). The third-order valence-electron chi connectivity index (χ3n) is 5.91. The van der Waals surface area contributed by atoms with Crippen molar-refractivity contribution in [2.45, 2.75) is 38.3 Å². The van der Waals surface area contributed by atoms with Crippen LogP contribution in [0, 0.1) is 6.92 Å². The van der Waals surface area contributed by atoms with E-state index < -0.39 is 11.7 Å². The Labute approximate surface area is 184 Å². The van der Waals surface area contributed by atoms with Gasteiger partial charge in [-0.05, 0) is 55.5 Å². The highest BCUT2D eigenvalue weighted by atomic mass is 19.4. The van der Waals surface area contributed by atoms with Gasteiger partial charge in [-0.1, -0.05) is 18.2 Å². The number of benzene rings is 1. The number of carbonyl (C=O) groups is 1. The predicted octanol–water partition coefficient (Wildman–Crippen LogP) is 4.75. The molecule has 1 fully saturated rings. The number of likely N-dealkylation sites (tertiary alicyclic amines) is 1. The molecule has 3 aromatic rings. The number of piperidine rings is 1. The van der Waals surface area contributed by atoms with Gasteiger partial charge in [0.25, 0.3) is 5.91 Å². The Morgan fingerprint density at radius 3 is 2.53 bits per heavy atom. The molecule has 1 aliphatic rings. The third-order valence-corrected chi connectivity index (χ3v) is 5.91. The number of carbonyl (C=O) groups excluding carboxylic acids is 1. The largest absolute Gasteiger partial charge is 0.416 e. The van der Waals surface area contributed by atoms with Gasteiger partial charge in [-0.25, -0.2) is 4.98 Å². The number of aryl methyl sites for hydroxylation is 2. The van der Waals surface area contributed by atoms with Gasteiger partial charge in [0.1, 0.15) is 0 Å². The van der Waals surface area contributed by atoms with Crippen LogP contribution in [0.25, 0.3) is 0 Å². The van der Waals surface area contributed by atoms with Crippen molar-refractivity contribution in [3.05, 3.63) is 82.7 Å². The van der Waals surface area contributed by atoms with Crippen LogP contribution in [0.4, 0.5) is 13.2 Å². The molecule has 2 aromatic heterocycles. The number of imidazole rings is 1. The quantitative estimate of drug-likeness (QED) is 0.586. The summed E-state index contributed by atoms with van der Waals surface area (Å²) in [7, 11) is 1.80. The second-order valence-electron chi connectivity index (χ2n) is 8.34. The summed E-state index contributed by atoms with van der Waals surface area (Å²) in [6, 6.07) is 9.37. The highest BCUT2D eigenvalue weighted by Crippen LogP contribution is 2.31. The molecule has 0 atom stereocenters. The second kappa shape index (κ2) is 8.76. The van der Waals surface area contributed by atoms with Gasteiger partial charge in [0.2, 0.25) is 0 Å². The maximum Gasteiger partial charge on any atom is 0.416 e. The van der Waals surface area contributed by atoms with Crippen molar-refractivity contribution >= 4 is 5.91 Å². The van der Waals surface area contributed by atoms with Crippen LogP contribution >= 0.6 is 0 Å². The summed E-state index contributed by atoms with van der Waals surface area (Å²) in [4.78, 5) is 23.3. The van der Waals surface area contributed by atoms with Gasteiger partial charge < -0.3 is 9.47 Å². The molecular weight excluding hydrogens is 417 g/mol. The molecule has 3 heterocycles. The van der Waals surface area contributed by atoms with Crippen LogP contribution in [0.5, 0.6) is 0 Å². The molecular formula is C24H25F3N4O. The minimum Gasteiger partial charge on any atom is -0.336 e. The van der Waals surface area contributed by atoms with Crippen LogP contribution in [-0.2, 0) is 19.6 Å². The first-order valence-electron chi connectivity index (χ1n) is 10.6. The number of pyridine rings is 1. The molecule has 32 heavy (non-hydrogen) atoms. The molecule has 1 saturated heterocycles. The zero-order valence-electron chi connectivity index (χ0n) is 18.1. The molecule has 1 amide bonds. The fourth-order valence-electron chi connectivity index (χ4n) is 4.26. The van der Waals surface area contributed by atoms with E-state index in [9.17, 15) is 18.0 Å². The smallest absolute Gasteiger partial charge is 0.336 e. The molecule has 0 bridgehead atoms. The summed E-state index contributed by atoms with van der Waals surface area (Å²) in [5, 5.41) is 0. The summed E-state index contributed by atoms with van der Waals surface area (Å²) in [6.07, 6.45) is 1.00. The minimum absolute atomic E-state index is 0.0709. The maximum absolute atomic E-state index is 13.0. The van der Waals surface area contributed by atoms with Crippen molar-refractivity contribution < 1.29 is 18.0 Å². The number of alkyl halides is 3. The lowest BCUT2D eigenvalue weighted by Crippen LogP contribution is -2.39. The van der Waals surface area contributed by atoms with Crippen molar-refractivity contribution in [3.63, 3.8) is 0 Å². The Kier molecular flexibility index (Phi) is 6.04. The lowest BCUT2D eigenvalue weighted by molar-refractivity contribution is -0.137. The molecule has 168 valence electrons. The molecule has 0 saturated carbocycles. The molecule has 0 radical (unpaired) electrons.